The molecule has 0 aromatic carbocycles. The third kappa shape index (κ3) is 3.28. The largest absolute Gasteiger partial charge is 0.348 e. The number of urea groups is 1. The fourth-order valence-electron chi connectivity index (χ4n) is 3.87. The molecule has 7 heteroatoms. The number of nitrogens with one attached hydrogen (secondary N) is 1. The van der Waals surface area contributed by atoms with E-state index in [2.05, 4.69) is 46.1 Å². The van der Waals surface area contributed by atoms with Crippen LogP contribution in [0.2, 0.25) is 0 Å². The number of fused-ring (bicyclic) bond motifs is 1. The summed E-state index contributed by atoms with van der Waals surface area (Å²) in [6, 6.07) is 7.87. The standard InChI is InChI=1S/C21H26N6O/c1-15-16(2)24-27(17(15)3)11-9-23-21(28)26-13-12-25-10-5-7-19(25)20(26)18-6-4-8-22-14-18/h4-8,10,14,20H,9,11-13H2,1-3H3,(H,23,28)/t20-/m0/s1. The lowest BCUT2D eigenvalue weighted by molar-refractivity contribution is 0.168. The first-order valence-corrected chi connectivity index (χ1v) is 9.66. The van der Waals surface area contributed by atoms with Crippen molar-refractivity contribution >= 4 is 6.03 Å². The van der Waals surface area contributed by atoms with E-state index >= 15 is 0 Å². The molecule has 0 saturated heterocycles. The Morgan fingerprint density at radius 2 is 2.07 bits per heavy atom. The zero-order valence-corrected chi connectivity index (χ0v) is 16.6. The number of amides is 2. The van der Waals surface area contributed by atoms with Crippen LogP contribution in [0, 0.1) is 20.8 Å². The smallest absolute Gasteiger partial charge is 0.318 e. The molecule has 3 aromatic rings. The lowest BCUT2D eigenvalue weighted by Gasteiger charge is -2.37. The molecule has 0 radical (unpaired) electrons. The molecular weight excluding hydrogens is 352 g/mol. The molecule has 0 saturated carbocycles. The van der Waals surface area contributed by atoms with Crippen molar-refractivity contribution in [2.45, 2.75) is 39.9 Å². The maximum Gasteiger partial charge on any atom is 0.318 e. The van der Waals surface area contributed by atoms with E-state index in [1.165, 1.54) is 5.56 Å². The van der Waals surface area contributed by atoms with Crippen molar-refractivity contribution in [2.75, 3.05) is 13.1 Å². The van der Waals surface area contributed by atoms with Crippen molar-refractivity contribution in [3.8, 4) is 0 Å². The van der Waals surface area contributed by atoms with Crippen LogP contribution in [0.25, 0.3) is 0 Å². The number of aromatic nitrogens is 4. The van der Waals surface area contributed by atoms with E-state index in [1.807, 2.05) is 40.9 Å². The summed E-state index contributed by atoms with van der Waals surface area (Å²) >= 11 is 0. The number of pyridine rings is 1. The Balaban J connectivity index is 1.49. The molecule has 4 heterocycles. The van der Waals surface area contributed by atoms with E-state index in [4.69, 9.17) is 0 Å². The van der Waals surface area contributed by atoms with Crippen molar-refractivity contribution in [2.24, 2.45) is 0 Å². The summed E-state index contributed by atoms with van der Waals surface area (Å²) < 4.78 is 4.17. The minimum atomic E-state index is -0.131. The van der Waals surface area contributed by atoms with Crippen LogP contribution in [0.3, 0.4) is 0 Å². The van der Waals surface area contributed by atoms with E-state index in [0.717, 1.165) is 29.2 Å². The zero-order chi connectivity index (χ0) is 19.7. The van der Waals surface area contributed by atoms with Gasteiger partial charge in [-0.2, -0.15) is 5.10 Å². The molecule has 1 aliphatic heterocycles. The molecule has 2 amide bonds. The van der Waals surface area contributed by atoms with E-state index in [1.54, 1.807) is 6.20 Å². The molecule has 1 N–H and O–H groups in total. The number of aryl methyl sites for hydroxylation is 1. The second-order valence-corrected chi connectivity index (χ2v) is 7.26. The van der Waals surface area contributed by atoms with Crippen LogP contribution in [-0.2, 0) is 13.1 Å². The van der Waals surface area contributed by atoms with Gasteiger partial charge in [0.15, 0.2) is 0 Å². The van der Waals surface area contributed by atoms with Gasteiger partial charge in [-0.25, -0.2) is 4.79 Å². The Morgan fingerprint density at radius 3 is 2.79 bits per heavy atom. The van der Waals surface area contributed by atoms with Gasteiger partial charge in [-0.15, -0.1) is 0 Å². The molecule has 4 rings (SSSR count). The highest BCUT2D eigenvalue weighted by molar-refractivity contribution is 5.75. The Labute approximate surface area is 165 Å². The van der Waals surface area contributed by atoms with Gasteiger partial charge in [-0.3, -0.25) is 9.67 Å². The fourth-order valence-corrected chi connectivity index (χ4v) is 3.87. The lowest BCUT2D eigenvalue weighted by atomic mass is 10.0. The highest BCUT2D eigenvalue weighted by atomic mass is 16.2. The summed E-state index contributed by atoms with van der Waals surface area (Å²) in [4.78, 5) is 19.2. The average molecular weight is 378 g/mol. The number of nitrogens with zero attached hydrogens (tertiary/aromatic N) is 5. The van der Waals surface area contributed by atoms with Crippen molar-refractivity contribution in [1.82, 2.24) is 29.5 Å². The maximum atomic E-state index is 13.0. The van der Waals surface area contributed by atoms with Gasteiger partial charge in [0.1, 0.15) is 6.04 Å². The summed E-state index contributed by atoms with van der Waals surface area (Å²) in [7, 11) is 0. The molecule has 1 aliphatic rings. The van der Waals surface area contributed by atoms with Gasteiger partial charge in [0.2, 0.25) is 0 Å². The monoisotopic (exact) mass is 378 g/mol. The minimum absolute atomic E-state index is 0.0560. The topological polar surface area (TPSA) is 68.0 Å². The van der Waals surface area contributed by atoms with E-state index in [-0.39, 0.29) is 12.1 Å². The number of carbonyl (C=O) groups excluding carboxylic acids is 1. The molecule has 0 unspecified atom stereocenters. The van der Waals surface area contributed by atoms with Gasteiger partial charge < -0.3 is 14.8 Å². The Morgan fingerprint density at radius 1 is 1.21 bits per heavy atom. The molecular formula is C21H26N6O. The van der Waals surface area contributed by atoms with Gasteiger partial charge in [0.05, 0.1) is 12.2 Å². The van der Waals surface area contributed by atoms with Crippen LogP contribution in [-0.4, -0.2) is 43.4 Å². The third-order valence-electron chi connectivity index (χ3n) is 5.64. The molecule has 3 aromatic heterocycles. The SMILES string of the molecule is Cc1nn(CCNC(=O)N2CCn3cccc3[C@@H]2c2cccnc2)c(C)c1C. The molecule has 0 bridgehead atoms. The predicted octanol–water partition coefficient (Wildman–Crippen LogP) is 2.82. The van der Waals surface area contributed by atoms with Gasteiger partial charge in [-0.1, -0.05) is 6.07 Å². The summed E-state index contributed by atoms with van der Waals surface area (Å²) in [5.74, 6) is 0. The Kier molecular flexibility index (Phi) is 4.90. The Bertz CT molecular complexity index is 974. The van der Waals surface area contributed by atoms with Gasteiger partial charge in [0, 0.05) is 49.6 Å². The second kappa shape index (κ2) is 7.50. The first kappa shape index (κ1) is 18.3. The number of rotatable bonds is 4. The zero-order valence-electron chi connectivity index (χ0n) is 16.6. The Hall–Kier alpha value is -3.09. The van der Waals surface area contributed by atoms with Crippen LogP contribution in [0.5, 0.6) is 0 Å². The lowest BCUT2D eigenvalue weighted by Crippen LogP contribution is -2.47. The molecule has 146 valence electrons. The van der Waals surface area contributed by atoms with Gasteiger partial charge in [0.25, 0.3) is 0 Å². The van der Waals surface area contributed by atoms with Crippen molar-refractivity contribution in [3.05, 3.63) is 71.1 Å². The highest BCUT2D eigenvalue weighted by Gasteiger charge is 2.32. The normalized spacial score (nSPS) is 16.1. The van der Waals surface area contributed by atoms with Crippen LogP contribution in [0.4, 0.5) is 4.79 Å². The van der Waals surface area contributed by atoms with Crippen molar-refractivity contribution < 1.29 is 4.79 Å². The summed E-state index contributed by atoms with van der Waals surface area (Å²) in [5, 5.41) is 7.62. The van der Waals surface area contributed by atoms with E-state index < -0.39 is 0 Å². The second-order valence-electron chi connectivity index (χ2n) is 7.26. The van der Waals surface area contributed by atoms with Crippen LogP contribution >= 0.6 is 0 Å². The highest BCUT2D eigenvalue weighted by Crippen LogP contribution is 2.31. The van der Waals surface area contributed by atoms with Gasteiger partial charge >= 0.3 is 6.03 Å². The molecule has 28 heavy (non-hydrogen) atoms. The fraction of sp³-hybridized carbons (Fsp3) is 0.381. The van der Waals surface area contributed by atoms with Crippen molar-refractivity contribution in [3.63, 3.8) is 0 Å². The van der Waals surface area contributed by atoms with E-state index in [9.17, 15) is 4.79 Å². The molecule has 0 fully saturated rings. The quantitative estimate of drug-likeness (QED) is 0.759. The summed E-state index contributed by atoms with van der Waals surface area (Å²) in [6.45, 7) is 8.81. The van der Waals surface area contributed by atoms with E-state index in [0.29, 0.717) is 19.6 Å². The van der Waals surface area contributed by atoms with Crippen LogP contribution in [0.1, 0.15) is 34.3 Å². The van der Waals surface area contributed by atoms with Crippen molar-refractivity contribution in [1.29, 1.82) is 0 Å². The maximum absolute atomic E-state index is 13.0. The summed E-state index contributed by atoms with van der Waals surface area (Å²) in [5.41, 5.74) is 5.53. The summed E-state index contributed by atoms with van der Waals surface area (Å²) in [6.07, 6.45) is 5.66. The number of carbonyl (C=O) groups is 1. The number of hydrogen-bond donors (Lipinski definition) is 1. The molecule has 0 spiro atoms. The van der Waals surface area contributed by atoms with Crippen LogP contribution in [0.15, 0.2) is 42.9 Å². The first-order chi connectivity index (χ1) is 13.6. The number of hydrogen-bond acceptors (Lipinski definition) is 3. The third-order valence-corrected chi connectivity index (χ3v) is 5.64. The molecule has 1 atom stereocenters. The predicted molar refractivity (Wildman–Crippen MR) is 107 cm³/mol. The molecule has 0 aliphatic carbocycles. The minimum Gasteiger partial charge on any atom is -0.348 e. The molecule has 7 nitrogen and oxygen atoms in total. The first-order valence-electron chi connectivity index (χ1n) is 9.66. The van der Waals surface area contributed by atoms with Crippen LogP contribution < -0.4 is 5.32 Å². The average Bonchev–Trinajstić information content (AvgIpc) is 3.28. The van der Waals surface area contributed by atoms with Gasteiger partial charge in [-0.05, 0) is 50.1 Å².